The van der Waals surface area contributed by atoms with Gasteiger partial charge in [-0.1, -0.05) is 30.1 Å². The SMILES string of the molecule is CC1=CC(O)C(O)(C2(O)C(O)=CC(C)=C(Cl)C2C)C(C)=C1Cl. The van der Waals surface area contributed by atoms with Gasteiger partial charge in [-0.3, -0.25) is 0 Å². The molecule has 0 aromatic carbocycles. The first-order chi connectivity index (χ1) is 9.99. The molecular formula is C16H20Cl2O4. The molecule has 4 unspecified atom stereocenters. The van der Waals surface area contributed by atoms with E-state index in [4.69, 9.17) is 23.2 Å². The van der Waals surface area contributed by atoms with Crippen LogP contribution < -0.4 is 0 Å². The number of aliphatic hydroxyl groups excluding tert-OH is 2. The Morgan fingerprint density at radius 2 is 1.64 bits per heavy atom. The minimum atomic E-state index is -2.19. The molecule has 4 N–H and O–H groups in total. The molecule has 6 heteroatoms. The molecular weight excluding hydrogens is 327 g/mol. The van der Waals surface area contributed by atoms with E-state index in [1.165, 1.54) is 19.1 Å². The maximum atomic E-state index is 11.2. The predicted molar refractivity (Wildman–Crippen MR) is 86.6 cm³/mol. The maximum Gasteiger partial charge on any atom is 0.164 e. The van der Waals surface area contributed by atoms with Crippen molar-refractivity contribution in [3.8, 4) is 0 Å². The summed E-state index contributed by atoms with van der Waals surface area (Å²) in [7, 11) is 0. The van der Waals surface area contributed by atoms with Gasteiger partial charge in [0.05, 0.1) is 0 Å². The molecule has 2 aliphatic rings. The molecule has 0 aromatic heterocycles. The molecule has 0 aliphatic heterocycles. The highest BCUT2D eigenvalue weighted by molar-refractivity contribution is 6.32. The Labute approximate surface area is 139 Å². The van der Waals surface area contributed by atoms with Gasteiger partial charge in [-0.05, 0) is 49.6 Å². The monoisotopic (exact) mass is 346 g/mol. The van der Waals surface area contributed by atoms with Crippen LogP contribution in [0.25, 0.3) is 0 Å². The highest BCUT2D eigenvalue weighted by Gasteiger charge is 2.63. The van der Waals surface area contributed by atoms with Gasteiger partial charge in [0, 0.05) is 16.0 Å². The maximum absolute atomic E-state index is 11.2. The second kappa shape index (κ2) is 5.39. The number of aliphatic hydroxyl groups is 4. The van der Waals surface area contributed by atoms with Crippen molar-refractivity contribution in [1.82, 2.24) is 0 Å². The fraction of sp³-hybridized carbons (Fsp3) is 0.500. The fourth-order valence-corrected chi connectivity index (χ4v) is 3.70. The Bertz CT molecular complexity index is 647. The zero-order valence-corrected chi connectivity index (χ0v) is 14.4. The van der Waals surface area contributed by atoms with Gasteiger partial charge in [0.2, 0.25) is 0 Å². The van der Waals surface area contributed by atoms with Gasteiger partial charge >= 0.3 is 0 Å². The smallest absolute Gasteiger partial charge is 0.164 e. The minimum Gasteiger partial charge on any atom is -0.509 e. The predicted octanol–water partition coefficient (Wildman–Crippen LogP) is 2.89. The molecule has 0 aromatic rings. The first-order valence-corrected chi connectivity index (χ1v) is 7.71. The number of halogens is 2. The van der Waals surface area contributed by atoms with Crippen LogP contribution in [0.5, 0.6) is 0 Å². The average Bonchev–Trinajstić information content (AvgIpc) is 2.46. The second-order valence-electron chi connectivity index (χ2n) is 6.05. The van der Waals surface area contributed by atoms with Gasteiger partial charge in [-0.15, -0.1) is 0 Å². The molecule has 0 bridgehead atoms. The van der Waals surface area contributed by atoms with Gasteiger partial charge in [0.15, 0.2) is 11.2 Å². The van der Waals surface area contributed by atoms with Crippen LogP contribution in [-0.2, 0) is 0 Å². The van der Waals surface area contributed by atoms with Crippen molar-refractivity contribution in [2.75, 3.05) is 0 Å². The minimum absolute atomic E-state index is 0.181. The summed E-state index contributed by atoms with van der Waals surface area (Å²) in [5.41, 5.74) is -3.02. The lowest BCUT2D eigenvalue weighted by atomic mass is 9.63. The third kappa shape index (κ3) is 2.02. The Hall–Kier alpha value is -0.780. The first-order valence-electron chi connectivity index (χ1n) is 6.95. The number of hydrogen-bond donors (Lipinski definition) is 4. The Kier molecular flexibility index (Phi) is 4.31. The Balaban J connectivity index is 2.72. The Morgan fingerprint density at radius 3 is 2.18 bits per heavy atom. The topological polar surface area (TPSA) is 80.9 Å². The number of hydrogen-bond acceptors (Lipinski definition) is 4. The van der Waals surface area contributed by atoms with E-state index < -0.39 is 29.0 Å². The highest BCUT2D eigenvalue weighted by atomic mass is 35.5. The summed E-state index contributed by atoms with van der Waals surface area (Å²) in [5, 5.41) is 43.6. The second-order valence-corrected chi connectivity index (χ2v) is 6.83. The normalized spacial score (nSPS) is 39.9. The molecule has 122 valence electrons. The zero-order valence-electron chi connectivity index (χ0n) is 12.9. The highest BCUT2D eigenvalue weighted by Crippen LogP contribution is 2.51. The van der Waals surface area contributed by atoms with Crippen LogP contribution in [0.1, 0.15) is 27.7 Å². The van der Waals surface area contributed by atoms with E-state index in [0.29, 0.717) is 16.2 Å². The fourth-order valence-electron chi connectivity index (χ4n) is 3.28. The Morgan fingerprint density at radius 1 is 1.09 bits per heavy atom. The van der Waals surface area contributed by atoms with E-state index in [-0.39, 0.29) is 10.6 Å². The van der Waals surface area contributed by atoms with Crippen molar-refractivity contribution in [2.24, 2.45) is 5.92 Å². The van der Waals surface area contributed by atoms with Crippen LogP contribution in [0.4, 0.5) is 0 Å². The van der Waals surface area contributed by atoms with Gasteiger partial charge in [0.25, 0.3) is 0 Å². The van der Waals surface area contributed by atoms with Crippen molar-refractivity contribution < 1.29 is 20.4 Å². The van der Waals surface area contributed by atoms with Crippen LogP contribution in [0.3, 0.4) is 0 Å². The summed E-state index contributed by atoms with van der Waals surface area (Å²) < 4.78 is 0. The van der Waals surface area contributed by atoms with Crippen LogP contribution in [-0.4, -0.2) is 37.7 Å². The average molecular weight is 347 g/mol. The van der Waals surface area contributed by atoms with Crippen molar-refractivity contribution >= 4 is 23.2 Å². The summed E-state index contributed by atoms with van der Waals surface area (Å²) >= 11 is 12.4. The molecule has 0 saturated carbocycles. The van der Waals surface area contributed by atoms with Crippen LogP contribution >= 0.6 is 23.2 Å². The lowest BCUT2D eigenvalue weighted by Crippen LogP contribution is -2.67. The van der Waals surface area contributed by atoms with Crippen molar-refractivity contribution in [2.45, 2.75) is 45.0 Å². The molecule has 0 saturated heterocycles. The van der Waals surface area contributed by atoms with Crippen LogP contribution in [0, 0.1) is 5.92 Å². The summed E-state index contributed by atoms with van der Waals surface area (Å²) in [6.45, 7) is 6.47. The lowest BCUT2D eigenvalue weighted by Gasteiger charge is -2.51. The third-order valence-corrected chi connectivity index (χ3v) is 6.00. The molecule has 22 heavy (non-hydrogen) atoms. The molecule has 0 heterocycles. The van der Waals surface area contributed by atoms with E-state index in [1.54, 1.807) is 20.8 Å². The van der Waals surface area contributed by atoms with E-state index in [0.717, 1.165) is 0 Å². The first kappa shape index (κ1) is 17.6. The molecule has 0 radical (unpaired) electrons. The van der Waals surface area contributed by atoms with E-state index in [2.05, 4.69) is 0 Å². The molecule has 2 aliphatic carbocycles. The largest absolute Gasteiger partial charge is 0.509 e. The summed E-state index contributed by atoms with van der Waals surface area (Å²) in [6, 6.07) is 0. The van der Waals surface area contributed by atoms with Crippen molar-refractivity contribution in [3.05, 3.63) is 44.7 Å². The van der Waals surface area contributed by atoms with E-state index >= 15 is 0 Å². The molecule has 4 nitrogen and oxygen atoms in total. The van der Waals surface area contributed by atoms with E-state index in [9.17, 15) is 20.4 Å². The zero-order chi connectivity index (χ0) is 17.0. The molecule has 0 fully saturated rings. The quantitative estimate of drug-likeness (QED) is 0.588. The van der Waals surface area contributed by atoms with Crippen molar-refractivity contribution in [1.29, 1.82) is 0 Å². The molecule has 0 spiro atoms. The summed E-state index contributed by atoms with van der Waals surface area (Å²) in [6.07, 6.45) is 1.20. The number of allylic oxidation sites excluding steroid dienone is 4. The van der Waals surface area contributed by atoms with Gasteiger partial charge in [-0.25, -0.2) is 0 Å². The summed E-state index contributed by atoms with van der Waals surface area (Å²) in [5.74, 6) is -1.29. The standard InChI is InChI=1S/C16H20Cl2O4/c1-7-5-11(19)15(21,9(3)13(7)17)16(22)10(4)14(18)8(2)6-12(16)20/h5-6,9,12,19-22H,1-4H3. The summed E-state index contributed by atoms with van der Waals surface area (Å²) in [4.78, 5) is 0. The molecule has 0 amide bonds. The van der Waals surface area contributed by atoms with Gasteiger partial charge < -0.3 is 20.4 Å². The third-order valence-electron chi connectivity index (χ3n) is 4.79. The van der Waals surface area contributed by atoms with Gasteiger partial charge in [-0.2, -0.15) is 0 Å². The van der Waals surface area contributed by atoms with Crippen LogP contribution in [0.2, 0.25) is 0 Å². The molecule has 4 atom stereocenters. The van der Waals surface area contributed by atoms with Crippen molar-refractivity contribution in [3.63, 3.8) is 0 Å². The molecule has 2 rings (SSSR count). The van der Waals surface area contributed by atoms with Gasteiger partial charge in [0.1, 0.15) is 11.9 Å². The lowest BCUT2D eigenvalue weighted by molar-refractivity contribution is -0.182. The number of rotatable bonds is 1. The van der Waals surface area contributed by atoms with Crippen LogP contribution in [0.15, 0.2) is 44.7 Å². The van der Waals surface area contributed by atoms with E-state index in [1.807, 2.05) is 0 Å².